The van der Waals surface area contributed by atoms with E-state index in [9.17, 15) is 0 Å². The molecule has 5 aromatic rings. The molecule has 3 aromatic carbocycles. The van der Waals surface area contributed by atoms with Gasteiger partial charge in [-0.2, -0.15) is 0 Å². The van der Waals surface area contributed by atoms with Gasteiger partial charge in [0, 0.05) is 20.8 Å². The van der Waals surface area contributed by atoms with Gasteiger partial charge >= 0.3 is 0 Å². The van der Waals surface area contributed by atoms with E-state index in [1.54, 1.807) is 11.3 Å². The van der Waals surface area contributed by atoms with Crippen molar-refractivity contribution in [2.24, 2.45) is 4.99 Å². The highest BCUT2D eigenvalue weighted by Gasteiger charge is 2.14. The van der Waals surface area contributed by atoms with Crippen LogP contribution in [0.2, 0.25) is 0 Å². The third kappa shape index (κ3) is 4.24. The van der Waals surface area contributed by atoms with Gasteiger partial charge in [-0.3, -0.25) is 0 Å². The van der Waals surface area contributed by atoms with E-state index in [0.717, 1.165) is 37.4 Å². The van der Waals surface area contributed by atoms with E-state index >= 15 is 0 Å². The Morgan fingerprint density at radius 3 is 2.59 bits per heavy atom. The topological polar surface area (TPSA) is 47.6 Å². The first-order chi connectivity index (χ1) is 15.7. The summed E-state index contributed by atoms with van der Waals surface area (Å²) in [5.41, 5.74) is 4.84. The minimum Gasteiger partial charge on any atom is -0.490 e. The van der Waals surface area contributed by atoms with Crippen molar-refractivity contribution >= 4 is 43.9 Å². The largest absolute Gasteiger partial charge is 0.490 e. The number of rotatable bonds is 5. The number of thiazole rings is 1. The quantitative estimate of drug-likeness (QED) is 0.248. The summed E-state index contributed by atoms with van der Waals surface area (Å²) in [7, 11) is 0. The standard InChI is InChI=1S/C26H19BrN2O2S/c1-2-30-23-10-6-7-18-15-21(25(31-24(18)23)28-20-8-4-3-5-9-20)26-29-22(16-32-26)17-11-13-19(27)14-12-17/h3-16H,2H2,1H3. The van der Waals surface area contributed by atoms with Crippen LogP contribution in [0.5, 0.6) is 5.75 Å². The van der Waals surface area contributed by atoms with Crippen molar-refractivity contribution in [1.29, 1.82) is 0 Å². The molecule has 0 aliphatic heterocycles. The van der Waals surface area contributed by atoms with Crippen molar-refractivity contribution in [3.8, 4) is 27.6 Å². The van der Waals surface area contributed by atoms with Crippen molar-refractivity contribution in [2.75, 3.05) is 6.61 Å². The molecular weight excluding hydrogens is 484 g/mol. The Morgan fingerprint density at radius 1 is 1.00 bits per heavy atom. The average molecular weight is 503 g/mol. The molecule has 0 saturated heterocycles. The summed E-state index contributed by atoms with van der Waals surface area (Å²) in [6.45, 7) is 2.52. The molecule has 0 atom stereocenters. The number of fused-ring (bicyclic) bond motifs is 1. The highest BCUT2D eigenvalue weighted by molar-refractivity contribution is 9.10. The monoisotopic (exact) mass is 502 g/mol. The van der Waals surface area contributed by atoms with Gasteiger partial charge in [-0.05, 0) is 43.3 Å². The molecule has 32 heavy (non-hydrogen) atoms. The van der Waals surface area contributed by atoms with E-state index in [0.29, 0.717) is 23.5 Å². The number of hydrogen-bond acceptors (Lipinski definition) is 5. The van der Waals surface area contributed by atoms with Crippen LogP contribution < -0.4 is 10.3 Å². The number of para-hydroxylation sites is 2. The molecule has 0 spiro atoms. The summed E-state index contributed by atoms with van der Waals surface area (Å²) >= 11 is 5.06. The Morgan fingerprint density at radius 2 is 1.81 bits per heavy atom. The zero-order valence-corrected chi connectivity index (χ0v) is 19.7. The van der Waals surface area contributed by atoms with Gasteiger partial charge in [0.2, 0.25) is 5.55 Å². The van der Waals surface area contributed by atoms with Crippen molar-refractivity contribution in [3.63, 3.8) is 0 Å². The molecule has 0 amide bonds. The van der Waals surface area contributed by atoms with Crippen molar-refractivity contribution in [2.45, 2.75) is 6.92 Å². The van der Waals surface area contributed by atoms with Gasteiger partial charge in [0.15, 0.2) is 11.3 Å². The van der Waals surface area contributed by atoms with Crippen LogP contribution in [0.3, 0.4) is 0 Å². The molecule has 5 rings (SSSR count). The molecule has 0 bridgehead atoms. The predicted molar refractivity (Wildman–Crippen MR) is 133 cm³/mol. The van der Waals surface area contributed by atoms with Crippen LogP contribution in [-0.2, 0) is 0 Å². The number of benzene rings is 3. The van der Waals surface area contributed by atoms with Gasteiger partial charge < -0.3 is 9.15 Å². The van der Waals surface area contributed by atoms with Crippen molar-refractivity contribution in [3.05, 3.63) is 94.3 Å². The maximum Gasteiger partial charge on any atom is 0.230 e. The van der Waals surface area contributed by atoms with Gasteiger partial charge in [-0.25, -0.2) is 9.98 Å². The van der Waals surface area contributed by atoms with Gasteiger partial charge in [-0.1, -0.05) is 58.4 Å². The molecule has 0 saturated carbocycles. The molecule has 0 fully saturated rings. The first kappa shape index (κ1) is 20.7. The minimum atomic E-state index is 0.507. The fourth-order valence-electron chi connectivity index (χ4n) is 3.40. The van der Waals surface area contributed by atoms with Crippen LogP contribution in [0.1, 0.15) is 6.92 Å². The molecule has 158 valence electrons. The van der Waals surface area contributed by atoms with Crippen LogP contribution in [0.4, 0.5) is 5.69 Å². The first-order valence-electron chi connectivity index (χ1n) is 10.2. The van der Waals surface area contributed by atoms with E-state index in [1.165, 1.54) is 0 Å². The number of hydrogen-bond donors (Lipinski definition) is 0. The van der Waals surface area contributed by atoms with E-state index in [-0.39, 0.29) is 0 Å². The predicted octanol–water partition coefficient (Wildman–Crippen LogP) is 7.62. The molecular formula is C26H19BrN2O2S. The number of halogens is 1. The number of ether oxygens (including phenoxy) is 1. The van der Waals surface area contributed by atoms with Crippen molar-refractivity contribution in [1.82, 2.24) is 4.98 Å². The summed E-state index contributed by atoms with van der Waals surface area (Å²) in [4.78, 5) is 9.70. The maximum absolute atomic E-state index is 6.33. The number of nitrogens with zero attached hydrogens (tertiary/aromatic N) is 2. The second kappa shape index (κ2) is 9.10. The zero-order valence-electron chi connectivity index (χ0n) is 17.3. The Hall–Kier alpha value is -3.22. The summed E-state index contributed by atoms with van der Waals surface area (Å²) in [5.74, 6) is 0.704. The summed E-state index contributed by atoms with van der Waals surface area (Å²) in [5, 5.41) is 3.86. The van der Waals surface area contributed by atoms with Crippen LogP contribution >= 0.6 is 27.3 Å². The summed E-state index contributed by atoms with van der Waals surface area (Å²) < 4.78 is 13.2. The lowest BCUT2D eigenvalue weighted by Gasteiger charge is -2.08. The Balaban J connectivity index is 1.70. The maximum atomic E-state index is 6.33. The van der Waals surface area contributed by atoms with E-state index in [4.69, 9.17) is 19.1 Å². The van der Waals surface area contributed by atoms with E-state index < -0.39 is 0 Å². The van der Waals surface area contributed by atoms with E-state index in [2.05, 4.69) is 39.5 Å². The Bertz CT molecular complexity index is 1440. The normalized spacial score (nSPS) is 11.8. The second-order valence-corrected chi connectivity index (χ2v) is 8.84. The molecule has 6 heteroatoms. The lowest BCUT2D eigenvalue weighted by atomic mass is 10.1. The second-order valence-electron chi connectivity index (χ2n) is 7.06. The summed E-state index contributed by atoms with van der Waals surface area (Å²) in [6.07, 6.45) is 0. The molecule has 0 unspecified atom stereocenters. The van der Waals surface area contributed by atoms with Gasteiger partial charge in [0.25, 0.3) is 0 Å². The lowest BCUT2D eigenvalue weighted by Crippen LogP contribution is -2.06. The van der Waals surface area contributed by atoms with Crippen LogP contribution in [0, 0.1) is 0 Å². The minimum absolute atomic E-state index is 0.507. The first-order valence-corrected chi connectivity index (χ1v) is 11.9. The van der Waals surface area contributed by atoms with Gasteiger partial charge in [0.05, 0.1) is 23.6 Å². The highest BCUT2D eigenvalue weighted by atomic mass is 79.9. The van der Waals surface area contributed by atoms with Gasteiger partial charge in [0.1, 0.15) is 5.01 Å². The molecule has 4 nitrogen and oxygen atoms in total. The fourth-order valence-corrected chi connectivity index (χ4v) is 4.50. The van der Waals surface area contributed by atoms with Crippen LogP contribution in [-0.4, -0.2) is 11.6 Å². The third-order valence-corrected chi connectivity index (χ3v) is 6.30. The Labute approximate surface area is 198 Å². The molecule has 0 aliphatic rings. The molecule has 2 aromatic heterocycles. The highest BCUT2D eigenvalue weighted by Crippen LogP contribution is 2.32. The number of aromatic nitrogens is 1. The van der Waals surface area contributed by atoms with Crippen LogP contribution in [0.25, 0.3) is 32.8 Å². The molecule has 0 N–H and O–H groups in total. The smallest absolute Gasteiger partial charge is 0.230 e. The molecule has 0 aliphatic carbocycles. The van der Waals surface area contributed by atoms with Crippen molar-refractivity contribution < 1.29 is 9.15 Å². The zero-order chi connectivity index (χ0) is 21.9. The lowest BCUT2D eigenvalue weighted by molar-refractivity contribution is 0.337. The molecule has 0 radical (unpaired) electrons. The average Bonchev–Trinajstić information content (AvgIpc) is 3.30. The SMILES string of the molecule is CCOc1cccc2cc(-c3nc(-c4ccc(Br)cc4)cs3)c(=Nc3ccccc3)oc12. The van der Waals surface area contributed by atoms with Crippen LogP contribution in [0.15, 0.2) is 98.1 Å². The summed E-state index contributed by atoms with van der Waals surface area (Å²) in [6, 6.07) is 25.9. The fraction of sp³-hybridized carbons (Fsp3) is 0.0769. The Kier molecular flexibility index (Phi) is 5.88. The molecule has 2 heterocycles. The van der Waals surface area contributed by atoms with E-state index in [1.807, 2.05) is 67.6 Å². The third-order valence-electron chi connectivity index (χ3n) is 4.90. The van der Waals surface area contributed by atoms with Gasteiger partial charge in [-0.15, -0.1) is 11.3 Å².